The summed E-state index contributed by atoms with van der Waals surface area (Å²) in [5.41, 5.74) is 7.64. The van der Waals surface area contributed by atoms with Crippen molar-refractivity contribution >= 4 is 21.9 Å². The number of nitrogens with zero attached hydrogens (tertiary/aromatic N) is 1. The molecule has 32 heavy (non-hydrogen) atoms. The fourth-order valence-electron chi connectivity index (χ4n) is 4.63. The number of fused-ring (bicyclic) bond motifs is 3. The second-order valence-electron chi connectivity index (χ2n) is 9.63. The Morgan fingerprint density at radius 1 is 0.812 bits per heavy atom. The lowest BCUT2D eigenvalue weighted by atomic mass is 9.78. The molecule has 0 saturated heterocycles. The van der Waals surface area contributed by atoms with Gasteiger partial charge in [-0.05, 0) is 59.4 Å². The first-order chi connectivity index (χ1) is 15.4. The molecule has 0 N–H and O–H groups in total. The minimum atomic E-state index is -0.0939. The zero-order valence-electron chi connectivity index (χ0n) is 19.2. The summed E-state index contributed by atoms with van der Waals surface area (Å²) in [5.74, 6) is 0.610. The smallest absolute Gasteiger partial charge is 0.144 e. The lowest BCUT2D eigenvalue weighted by molar-refractivity contribution is 0.639. The van der Waals surface area contributed by atoms with Crippen LogP contribution in [0.1, 0.15) is 44.4 Å². The molecular formula is C30H29NO. The van der Waals surface area contributed by atoms with Crippen LogP contribution in [0.2, 0.25) is 0 Å². The lowest BCUT2D eigenvalue weighted by Gasteiger charge is -2.26. The van der Waals surface area contributed by atoms with Gasteiger partial charge in [0.1, 0.15) is 11.2 Å². The Labute approximate surface area is 189 Å². The first kappa shape index (κ1) is 20.5. The van der Waals surface area contributed by atoms with Crippen molar-refractivity contribution in [3.8, 4) is 11.3 Å². The molecular weight excluding hydrogens is 390 g/mol. The van der Waals surface area contributed by atoms with E-state index in [1.165, 1.54) is 16.7 Å². The van der Waals surface area contributed by atoms with Crippen molar-refractivity contribution in [2.45, 2.75) is 39.5 Å². The fraction of sp³-hybridized carbons (Fsp3) is 0.233. The van der Waals surface area contributed by atoms with Crippen molar-refractivity contribution in [1.82, 2.24) is 4.98 Å². The van der Waals surface area contributed by atoms with E-state index in [4.69, 9.17) is 4.42 Å². The number of aromatic nitrogens is 1. The highest BCUT2D eigenvalue weighted by Crippen LogP contribution is 2.39. The third-order valence-electron chi connectivity index (χ3n) is 6.46. The molecule has 0 amide bonds. The van der Waals surface area contributed by atoms with Gasteiger partial charge in [0.15, 0.2) is 0 Å². The zero-order valence-corrected chi connectivity index (χ0v) is 19.2. The molecule has 5 aromatic rings. The van der Waals surface area contributed by atoms with E-state index in [9.17, 15) is 0 Å². The third kappa shape index (κ3) is 3.60. The molecule has 160 valence electrons. The second-order valence-corrected chi connectivity index (χ2v) is 9.63. The van der Waals surface area contributed by atoms with E-state index in [1.54, 1.807) is 0 Å². The molecule has 0 fully saturated rings. The molecule has 0 aliphatic rings. The van der Waals surface area contributed by atoms with E-state index >= 15 is 0 Å². The van der Waals surface area contributed by atoms with Crippen LogP contribution < -0.4 is 0 Å². The van der Waals surface area contributed by atoms with Gasteiger partial charge in [-0.25, -0.2) is 0 Å². The first-order valence-electron chi connectivity index (χ1n) is 11.4. The summed E-state index contributed by atoms with van der Waals surface area (Å²) >= 11 is 0. The molecule has 0 spiro atoms. The predicted octanol–water partition coefficient (Wildman–Crippen LogP) is 8.17. The molecule has 2 heterocycles. The van der Waals surface area contributed by atoms with Crippen molar-refractivity contribution in [3.63, 3.8) is 0 Å². The Morgan fingerprint density at radius 3 is 2.41 bits per heavy atom. The van der Waals surface area contributed by atoms with Gasteiger partial charge in [-0.3, -0.25) is 4.98 Å². The van der Waals surface area contributed by atoms with Gasteiger partial charge in [-0.15, -0.1) is 0 Å². The number of hydrogen-bond acceptors (Lipinski definition) is 2. The van der Waals surface area contributed by atoms with Crippen LogP contribution >= 0.6 is 0 Å². The van der Waals surface area contributed by atoms with Crippen LogP contribution in [0.25, 0.3) is 33.2 Å². The van der Waals surface area contributed by atoms with Gasteiger partial charge >= 0.3 is 0 Å². The van der Waals surface area contributed by atoms with Crippen molar-refractivity contribution in [2.24, 2.45) is 5.92 Å². The van der Waals surface area contributed by atoms with E-state index in [-0.39, 0.29) is 5.41 Å². The molecule has 0 unspecified atom stereocenters. The van der Waals surface area contributed by atoms with Gasteiger partial charge in [0.2, 0.25) is 0 Å². The number of pyridine rings is 1. The van der Waals surface area contributed by atoms with Crippen LogP contribution in [-0.4, -0.2) is 4.98 Å². The van der Waals surface area contributed by atoms with E-state index in [0.29, 0.717) is 5.92 Å². The van der Waals surface area contributed by atoms with E-state index in [2.05, 4.69) is 112 Å². The van der Waals surface area contributed by atoms with Gasteiger partial charge in [0, 0.05) is 27.9 Å². The van der Waals surface area contributed by atoms with E-state index in [1.807, 2.05) is 6.20 Å². The maximum Gasteiger partial charge on any atom is 0.144 e. The third-order valence-corrected chi connectivity index (χ3v) is 6.46. The molecule has 0 bridgehead atoms. The van der Waals surface area contributed by atoms with Crippen molar-refractivity contribution in [3.05, 3.63) is 102 Å². The fourth-order valence-corrected chi connectivity index (χ4v) is 4.63. The summed E-state index contributed by atoms with van der Waals surface area (Å²) in [4.78, 5) is 4.67. The minimum absolute atomic E-state index is 0.0939. The summed E-state index contributed by atoms with van der Waals surface area (Å²) in [5, 5.41) is 2.29. The first-order valence-corrected chi connectivity index (χ1v) is 11.4. The van der Waals surface area contributed by atoms with Crippen LogP contribution in [0.4, 0.5) is 0 Å². The van der Waals surface area contributed by atoms with Crippen LogP contribution in [-0.2, 0) is 11.8 Å². The topological polar surface area (TPSA) is 26.0 Å². The van der Waals surface area contributed by atoms with E-state index < -0.39 is 0 Å². The van der Waals surface area contributed by atoms with Gasteiger partial charge in [0.05, 0.1) is 5.69 Å². The summed E-state index contributed by atoms with van der Waals surface area (Å²) < 4.78 is 6.39. The Kier molecular flexibility index (Phi) is 5.09. The average molecular weight is 420 g/mol. The van der Waals surface area contributed by atoms with Crippen molar-refractivity contribution < 1.29 is 4.42 Å². The molecule has 0 aliphatic carbocycles. The van der Waals surface area contributed by atoms with E-state index in [0.717, 1.165) is 39.6 Å². The molecule has 0 saturated carbocycles. The SMILES string of the molecule is CC(C)Cc1ccnc(-c2cccc3c2oc2ccc(C(C)(C)c4ccccc4)cc23)c1. The highest BCUT2D eigenvalue weighted by atomic mass is 16.3. The molecule has 0 aliphatic heterocycles. The molecule has 2 nitrogen and oxygen atoms in total. The number of benzene rings is 3. The van der Waals surface area contributed by atoms with Gasteiger partial charge < -0.3 is 4.42 Å². The number of rotatable bonds is 5. The van der Waals surface area contributed by atoms with Crippen LogP contribution in [0, 0.1) is 5.92 Å². The standard InChI is InChI=1S/C30H29NO/c1-20(2)17-21-15-16-31-27(18-21)25-12-8-11-24-26-19-23(13-14-28(26)32-29(24)25)30(3,4)22-9-6-5-7-10-22/h5-16,18-20H,17H2,1-4H3. The second kappa shape index (κ2) is 7.94. The quantitative estimate of drug-likeness (QED) is 0.287. The van der Waals surface area contributed by atoms with Gasteiger partial charge in [0.25, 0.3) is 0 Å². The highest BCUT2D eigenvalue weighted by molar-refractivity contribution is 6.09. The van der Waals surface area contributed by atoms with Gasteiger partial charge in [-0.2, -0.15) is 0 Å². The predicted molar refractivity (Wildman–Crippen MR) is 134 cm³/mol. The lowest BCUT2D eigenvalue weighted by Crippen LogP contribution is -2.18. The average Bonchev–Trinajstić information content (AvgIpc) is 3.17. The summed E-state index contributed by atoms with van der Waals surface area (Å²) in [6.07, 6.45) is 2.96. The van der Waals surface area contributed by atoms with Crippen molar-refractivity contribution in [2.75, 3.05) is 0 Å². The Morgan fingerprint density at radius 2 is 1.62 bits per heavy atom. The van der Waals surface area contributed by atoms with Crippen molar-refractivity contribution in [1.29, 1.82) is 0 Å². The number of para-hydroxylation sites is 1. The Balaban J connectivity index is 1.64. The number of hydrogen-bond donors (Lipinski definition) is 0. The zero-order chi connectivity index (χ0) is 22.3. The van der Waals surface area contributed by atoms with Gasteiger partial charge in [-0.1, -0.05) is 76.2 Å². The molecule has 2 aromatic heterocycles. The summed E-state index contributed by atoms with van der Waals surface area (Å²) in [6.45, 7) is 9.05. The number of furan rings is 1. The highest BCUT2D eigenvalue weighted by Gasteiger charge is 2.24. The summed E-state index contributed by atoms with van der Waals surface area (Å²) in [7, 11) is 0. The minimum Gasteiger partial charge on any atom is -0.455 e. The normalized spacial score (nSPS) is 12.2. The van der Waals surface area contributed by atoms with Crippen LogP contribution in [0.3, 0.4) is 0 Å². The summed E-state index contributed by atoms with van der Waals surface area (Å²) in [6, 6.07) is 28.0. The molecule has 3 aromatic carbocycles. The molecule has 5 rings (SSSR count). The largest absolute Gasteiger partial charge is 0.455 e. The molecule has 0 atom stereocenters. The Hall–Kier alpha value is -3.39. The monoisotopic (exact) mass is 419 g/mol. The van der Waals surface area contributed by atoms with Crippen LogP contribution in [0.5, 0.6) is 0 Å². The molecule has 2 heteroatoms. The maximum atomic E-state index is 6.39. The maximum absolute atomic E-state index is 6.39. The molecule has 0 radical (unpaired) electrons. The van der Waals surface area contributed by atoms with Crippen LogP contribution in [0.15, 0.2) is 89.5 Å². The Bertz CT molecular complexity index is 1390.